The van der Waals surface area contributed by atoms with Crippen molar-refractivity contribution in [2.45, 2.75) is 33.2 Å². The Morgan fingerprint density at radius 3 is 2.75 bits per heavy atom. The van der Waals surface area contributed by atoms with Gasteiger partial charge in [-0.05, 0) is 61.7 Å². The summed E-state index contributed by atoms with van der Waals surface area (Å²) in [6, 6.07) is 9.72. The van der Waals surface area contributed by atoms with E-state index in [4.69, 9.17) is 23.2 Å². The minimum atomic E-state index is -0.0447. The van der Waals surface area contributed by atoms with Crippen molar-refractivity contribution in [3.8, 4) is 0 Å². The van der Waals surface area contributed by atoms with Crippen LogP contribution in [0.5, 0.6) is 0 Å². The SMILES string of the molecule is Cc1cccc(NC(=O)Cn2c3c(c4c(Cl)c(Cl)ccc42)CCNCC3)c1C. The number of nitrogens with zero attached hydrogens (tertiary/aromatic N) is 1. The van der Waals surface area contributed by atoms with E-state index in [0.29, 0.717) is 10.0 Å². The van der Waals surface area contributed by atoms with Gasteiger partial charge in [-0.2, -0.15) is 0 Å². The minimum absolute atomic E-state index is 0.0447. The average Bonchev–Trinajstić information content (AvgIpc) is 2.82. The van der Waals surface area contributed by atoms with Crippen LogP contribution < -0.4 is 10.6 Å². The van der Waals surface area contributed by atoms with Crippen molar-refractivity contribution >= 4 is 45.7 Å². The second kappa shape index (κ2) is 7.78. The summed E-state index contributed by atoms with van der Waals surface area (Å²) in [6.07, 6.45) is 1.73. The van der Waals surface area contributed by atoms with Crippen molar-refractivity contribution < 1.29 is 4.79 Å². The van der Waals surface area contributed by atoms with Gasteiger partial charge in [0.1, 0.15) is 6.54 Å². The van der Waals surface area contributed by atoms with Gasteiger partial charge >= 0.3 is 0 Å². The molecule has 0 aliphatic carbocycles. The van der Waals surface area contributed by atoms with E-state index in [2.05, 4.69) is 15.2 Å². The Morgan fingerprint density at radius 1 is 1.14 bits per heavy atom. The molecule has 0 saturated heterocycles. The molecule has 1 aliphatic rings. The largest absolute Gasteiger partial charge is 0.335 e. The standard InChI is InChI=1S/C22H23Cl2N3O/c1-13-4-3-5-17(14(13)2)26-20(28)12-27-18-9-11-25-10-8-15(18)21-19(27)7-6-16(23)22(21)24/h3-7,25H,8-12H2,1-2H3,(H,26,28). The lowest BCUT2D eigenvalue weighted by Crippen LogP contribution is -2.22. The molecule has 0 fully saturated rings. The highest BCUT2D eigenvalue weighted by Crippen LogP contribution is 2.37. The second-order valence-corrected chi connectivity index (χ2v) is 8.10. The van der Waals surface area contributed by atoms with Crippen LogP contribution in [0.15, 0.2) is 30.3 Å². The summed E-state index contributed by atoms with van der Waals surface area (Å²) in [5.74, 6) is -0.0447. The van der Waals surface area contributed by atoms with Gasteiger partial charge in [0.25, 0.3) is 0 Å². The van der Waals surface area contributed by atoms with Crippen LogP contribution in [0.1, 0.15) is 22.4 Å². The predicted molar refractivity (Wildman–Crippen MR) is 117 cm³/mol. The Morgan fingerprint density at radius 2 is 1.93 bits per heavy atom. The number of carbonyl (C=O) groups is 1. The van der Waals surface area contributed by atoms with Crippen molar-refractivity contribution in [3.63, 3.8) is 0 Å². The van der Waals surface area contributed by atoms with Crippen molar-refractivity contribution in [2.24, 2.45) is 0 Å². The summed E-state index contributed by atoms with van der Waals surface area (Å²) in [5.41, 5.74) is 6.44. The molecule has 1 amide bonds. The molecule has 0 unspecified atom stereocenters. The zero-order valence-corrected chi connectivity index (χ0v) is 17.5. The molecule has 6 heteroatoms. The van der Waals surface area contributed by atoms with Gasteiger partial charge in [0.2, 0.25) is 5.91 Å². The second-order valence-electron chi connectivity index (χ2n) is 7.31. The number of aryl methyl sites for hydroxylation is 1. The van der Waals surface area contributed by atoms with E-state index in [1.54, 1.807) is 0 Å². The van der Waals surface area contributed by atoms with Crippen molar-refractivity contribution in [3.05, 3.63) is 62.8 Å². The lowest BCUT2D eigenvalue weighted by atomic mass is 10.1. The molecule has 146 valence electrons. The number of hydrogen-bond acceptors (Lipinski definition) is 2. The van der Waals surface area contributed by atoms with Gasteiger partial charge in [-0.3, -0.25) is 4.79 Å². The molecule has 28 heavy (non-hydrogen) atoms. The zero-order valence-electron chi connectivity index (χ0n) is 16.0. The smallest absolute Gasteiger partial charge is 0.244 e. The van der Waals surface area contributed by atoms with Gasteiger partial charge in [-0.15, -0.1) is 0 Å². The molecular formula is C22H23Cl2N3O. The number of amides is 1. The number of benzene rings is 2. The summed E-state index contributed by atoms with van der Waals surface area (Å²) in [4.78, 5) is 12.9. The van der Waals surface area contributed by atoms with E-state index < -0.39 is 0 Å². The Labute approximate surface area is 174 Å². The number of aromatic nitrogens is 1. The lowest BCUT2D eigenvalue weighted by molar-refractivity contribution is -0.116. The Kier molecular flexibility index (Phi) is 5.37. The van der Waals surface area contributed by atoms with Crippen LogP contribution in [-0.4, -0.2) is 23.6 Å². The summed E-state index contributed by atoms with van der Waals surface area (Å²) in [6.45, 7) is 6.09. The number of nitrogens with one attached hydrogen (secondary N) is 2. The average molecular weight is 416 g/mol. The predicted octanol–water partition coefficient (Wildman–Crippen LogP) is 4.89. The van der Waals surface area contributed by atoms with Crippen LogP contribution in [0.4, 0.5) is 5.69 Å². The fourth-order valence-corrected chi connectivity index (χ4v) is 4.44. The Balaban J connectivity index is 1.74. The van der Waals surface area contributed by atoms with Crippen molar-refractivity contribution in [1.29, 1.82) is 0 Å². The van der Waals surface area contributed by atoms with E-state index in [1.807, 2.05) is 44.2 Å². The maximum Gasteiger partial charge on any atom is 0.244 e. The molecular weight excluding hydrogens is 393 g/mol. The first-order valence-electron chi connectivity index (χ1n) is 9.52. The van der Waals surface area contributed by atoms with Gasteiger partial charge < -0.3 is 15.2 Å². The van der Waals surface area contributed by atoms with Crippen LogP contribution in [0.25, 0.3) is 10.9 Å². The van der Waals surface area contributed by atoms with E-state index in [1.165, 1.54) is 11.3 Å². The highest BCUT2D eigenvalue weighted by Gasteiger charge is 2.23. The number of anilines is 1. The summed E-state index contributed by atoms with van der Waals surface area (Å²) >= 11 is 12.9. The number of halogens is 2. The molecule has 0 spiro atoms. The van der Waals surface area contributed by atoms with Crippen molar-refractivity contribution in [2.75, 3.05) is 18.4 Å². The van der Waals surface area contributed by atoms with Crippen LogP contribution >= 0.6 is 23.2 Å². The maximum atomic E-state index is 12.9. The number of carbonyl (C=O) groups excluding carboxylic acids is 1. The first-order valence-corrected chi connectivity index (χ1v) is 10.3. The summed E-state index contributed by atoms with van der Waals surface area (Å²) in [7, 11) is 0. The minimum Gasteiger partial charge on any atom is -0.335 e. The van der Waals surface area contributed by atoms with E-state index in [-0.39, 0.29) is 12.5 Å². The topological polar surface area (TPSA) is 46.1 Å². The van der Waals surface area contributed by atoms with E-state index in [0.717, 1.165) is 53.6 Å². The van der Waals surface area contributed by atoms with Gasteiger partial charge in [0.05, 0.1) is 15.6 Å². The van der Waals surface area contributed by atoms with Crippen LogP contribution in [0.2, 0.25) is 10.0 Å². The molecule has 1 aliphatic heterocycles. The molecule has 2 aromatic carbocycles. The van der Waals surface area contributed by atoms with E-state index >= 15 is 0 Å². The number of rotatable bonds is 3. The molecule has 0 radical (unpaired) electrons. The quantitative estimate of drug-likeness (QED) is 0.639. The van der Waals surface area contributed by atoms with Crippen LogP contribution in [-0.2, 0) is 24.2 Å². The molecule has 1 aromatic heterocycles. The van der Waals surface area contributed by atoms with Gasteiger partial charge in [-0.25, -0.2) is 0 Å². The fraction of sp³-hybridized carbons (Fsp3) is 0.318. The van der Waals surface area contributed by atoms with Gasteiger partial charge in [0.15, 0.2) is 0 Å². The molecule has 3 aromatic rings. The van der Waals surface area contributed by atoms with Crippen LogP contribution in [0, 0.1) is 13.8 Å². The molecule has 0 bridgehead atoms. The Bertz CT molecular complexity index is 1070. The highest BCUT2D eigenvalue weighted by molar-refractivity contribution is 6.45. The van der Waals surface area contributed by atoms with Crippen molar-refractivity contribution in [1.82, 2.24) is 9.88 Å². The summed E-state index contributed by atoms with van der Waals surface area (Å²) in [5, 5.41) is 8.59. The number of fused-ring (bicyclic) bond motifs is 3. The van der Waals surface area contributed by atoms with Crippen LogP contribution in [0.3, 0.4) is 0 Å². The first kappa shape index (κ1) is 19.3. The molecule has 4 rings (SSSR count). The molecule has 0 atom stereocenters. The van der Waals surface area contributed by atoms with Gasteiger partial charge in [0, 0.05) is 29.7 Å². The Hall–Kier alpha value is -2.01. The third-order valence-electron chi connectivity index (χ3n) is 5.61. The molecule has 0 saturated carbocycles. The monoisotopic (exact) mass is 415 g/mol. The maximum absolute atomic E-state index is 12.9. The van der Waals surface area contributed by atoms with E-state index in [9.17, 15) is 4.79 Å². The highest BCUT2D eigenvalue weighted by atomic mass is 35.5. The van der Waals surface area contributed by atoms with Gasteiger partial charge in [-0.1, -0.05) is 35.3 Å². The summed E-state index contributed by atoms with van der Waals surface area (Å²) < 4.78 is 2.10. The molecule has 2 N–H and O–H groups in total. The third kappa shape index (κ3) is 3.41. The lowest BCUT2D eigenvalue weighted by Gasteiger charge is -2.14. The molecule has 2 heterocycles. The number of hydrogen-bond donors (Lipinski definition) is 2. The zero-order chi connectivity index (χ0) is 19.8. The normalized spacial score (nSPS) is 14.0. The molecule has 4 nitrogen and oxygen atoms in total. The first-order chi connectivity index (χ1) is 13.5. The fourth-order valence-electron chi connectivity index (χ4n) is 4.01. The third-order valence-corrected chi connectivity index (χ3v) is 6.41.